The highest BCUT2D eigenvalue weighted by Gasteiger charge is 2.49. The number of hydrogen-bond acceptors (Lipinski definition) is 5. The van der Waals surface area contributed by atoms with Crippen molar-refractivity contribution in [2.24, 2.45) is 5.92 Å². The van der Waals surface area contributed by atoms with Crippen LogP contribution in [0.4, 0.5) is 0 Å². The molecule has 2 atom stereocenters. The molecule has 7 heteroatoms. The second-order valence-electron chi connectivity index (χ2n) is 6.94. The molecule has 4 rings (SSSR count). The molecule has 2 aromatic rings. The number of carbonyl (C=O) groups excluding carboxylic acids is 1. The number of nitrogens with zero attached hydrogens (tertiary/aromatic N) is 2. The van der Waals surface area contributed by atoms with Crippen molar-refractivity contribution in [2.45, 2.75) is 31.3 Å². The first-order valence-corrected chi connectivity index (χ1v) is 8.67. The quantitative estimate of drug-likeness (QED) is 0.834. The number of aromatic nitrogens is 2. The van der Waals surface area contributed by atoms with Crippen molar-refractivity contribution in [3.63, 3.8) is 0 Å². The molecule has 1 saturated carbocycles. The Balaban J connectivity index is 1.47. The van der Waals surface area contributed by atoms with E-state index in [1.807, 2.05) is 0 Å². The lowest BCUT2D eigenvalue weighted by atomic mass is 9.68. The summed E-state index contributed by atoms with van der Waals surface area (Å²) in [5.74, 6) is 1.08. The second kappa shape index (κ2) is 6.15. The highest BCUT2D eigenvalue weighted by Crippen LogP contribution is 2.43. The molecule has 1 aliphatic heterocycles. The molecule has 1 amide bonds. The zero-order valence-electron chi connectivity index (χ0n) is 14.2. The number of carbonyl (C=O) groups is 1. The molecule has 1 aliphatic carbocycles. The van der Waals surface area contributed by atoms with Crippen LogP contribution in [0.2, 0.25) is 0 Å². The molecule has 1 aromatic carbocycles. The molecule has 0 spiro atoms. The van der Waals surface area contributed by atoms with Crippen LogP contribution in [0.5, 0.6) is 5.75 Å². The maximum absolute atomic E-state index is 12.6. The van der Waals surface area contributed by atoms with E-state index in [4.69, 9.17) is 4.74 Å². The fourth-order valence-electron chi connectivity index (χ4n) is 3.99. The summed E-state index contributed by atoms with van der Waals surface area (Å²) in [6.45, 7) is 1.56. The van der Waals surface area contributed by atoms with E-state index in [0.717, 1.165) is 18.4 Å². The van der Waals surface area contributed by atoms with Crippen LogP contribution < -0.4 is 20.9 Å². The van der Waals surface area contributed by atoms with Crippen LogP contribution in [-0.2, 0) is 11.3 Å². The fourth-order valence-corrected chi connectivity index (χ4v) is 3.99. The number of amides is 1. The van der Waals surface area contributed by atoms with E-state index in [2.05, 4.69) is 15.7 Å². The average Bonchev–Trinajstić information content (AvgIpc) is 2.90. The van der Waals surface area contributed by atoms with Crippen LogP contribution in [-0.4, -0.2) is 41.4 Å². The number of nitrogens with one attached hydrogen (secondary N) is 2. The van der Waals surface area contributed by atoms with E-state index in [1.165, 1.54) is 17.5 Å². The monoisotopic (exact) mass is 342 g/mol. The summed E-state index contributed by atoms with van der Waals surface area (Å²) >= 11 is 0. The number of rotatable bonds is 5. The fraction of sp³-hybridized carbons (Fsp3) is 0.500. The maximum atomic E-state index is 12.6. The van der Waals surface area contributed by atoms with Crippen LogP contribution in [0, 0.1) is 5.92 Å². The molecule has 1 saturated heterocycles. The molecule has 1 aromatic heterocycles. The number of hydrogen-bond donors (Lipinski definition) is 2. The Morgan fingerprint density at radius 1 is 1.48 bits per heavy atom. The second-order valence-corrected chi connectivity index (χ2v) is 6.94. The Hall–Kier alpha value is -2.41. The van der Waals surface area contributed by atoms with Gasteiger partial charge in [-0.1, -0.05) is 0 Å². The minimum absolute atomic E-state index is 0.0742. The van der Waals surface area contributed by atoms with Gasteiger partial charge in [0.1, 0.15) is 12.3 Å². The van der Waals surface area contributed by atoms with Crippen molar-refractivity contribution in [3.05, 3.63) is 34.7 Å². The van der Waals surface area contributed by atoms with Gasteiger partial charge in [0.25, 0.3) is 5.56 Å². The molecule has 2 aliphatic rings. The minimum Gasteiger partial charge on any atom is -0.497 e. The summed E-state index contributed by atoms with van der Waals surface area (Å²) in [4.78, 5) is 24.9. The van der Waals surface area contributed by atoms with Gasteiger partial charge in [0, 0.05) is 17.5 Å². The normalized spacial score (nSPS) is 24.6. The van der Waals surface area contributed by atoms with Crippen molar-refractivity contribution < 1.29 is 9.53 Å². The Morgan fingerprint density at radius 2 is 2.36 bits per heavy atom. The van der Waals surface area contributed by atoms with E-state index >= 15 is 0 Å². The van der Waals surface area contributed by atoms with Gasteiger partial charge in [-0.15, -0.1) is 0 Å². The topological polar surface area (TPSA) is 85.2 Å². The van der Waals surface area contributed by atoms with E-state index in [1.54, 1.807) is 31.5 Å². The van der Waals surface area contributed by atoms with E-state index in [-0.39, 0.29) is 23.6 Å². The lowest BCUT2D eigenvalue weighted by molar-refractivity contribution is -0.122. The maximum Gasteiger partial charge on any atom is 0.275 e. The van der Waals surface area contributed by atoms with Gasteiger partial charge >= 0.3 is 0 Å². The third-order valence-electron chi connectivity index (χ3n) is 5.65. The van der Waals surface area contributed by atoms with Gasteiger partial charge in [-0.25, -0.2) is 4.68 Å². The number of benzene rings is 1. The summed E-state index contributed by atoms with van der Waals surface area (Å²) in [6.07, 6.45) is 5.12. The van der Waals surface area contributed by atoms with Crippen LogP contribution in [0.3, 0.4) is 0 Å². The Kier molecular flexibility index (Phi) is 3.95. The molecule has 0 radical (unpaired) electrons. The molecule has 132 valence electrons. The van der Waals surface area contributed by atoms with Crippen LogP contribution in [0.1, 0.15) is 19.3 Å². The molecule has 7 nitrogen and oxygen atoms in total. The van der Waals surface area contributed by atoms with Gasteiger partial charge in [-0.3, -0.25) is 9.59 Å². The summed E-state index contributed by atoms with van der Waals surface area (Å²) < 4.78 is 6.37. The zero-order chi connectivity index (χ0) is 17.4. The van der Waals surface area contributed by atoms with Crippen molar-refractivity contribution in [1.82, 2.24) is 20.4 Å². The third-order valence-corrected chi connectivity index (χ3v) is 5.65. The predicted molar refractivity (Wildman–Crippen MR) is 93.6 cm³/mol. The summed E-state index contributed by atoms with van der Waals surface area (Å²) in [5.41, 5.74) is -0.213. The first kappa shape index (κ1) is 16.1. The summed E-state index contributed by atoms with van der Waals surface area (Å²) in [6, 6.07) is 5.24. The molecular formula is C18H22N4O3. The van der Waals surface area contributed by atoms with Gasteiger partial charge in [0.15, 0.2) is 0 Å². The van der Waals surface area contributed by atoms with Crippen LogP contribution >= 0.6 is 0 Å². The van der Waals surface area contributed by atoms with Crippen molar-refractivity contribution >= 4 is 16.7 Å². The first-order chi connectivity index (χ1) is 12.1. The first-order valence-electron chi connectivity index (χ1n) is 8.67. The zero-order valence-corrected chi connectivity index (χ0v) is 14.2. The molecule has 0 bridgehead atoms. The summed E-state index contributed by atoms with van der Waals surface area (Å²) in [7, 11) is 1.55. The SMILES string of the molecule is COc1ccc2cnn(CC(=O)NCC34CCC3CCN4)c(=O)c2c1. The highest BCUT2D eigenvalue weighted by atomic mass is 16.5. The largest absolute Gasteiger partial charge is 0.497 e. The van der Waals surface area contributed by atoms with Gasteiger partial charge in [-0.2, -0.15) is 5.10 Å². The number of methoxy groups -OCH3 is 1. The van der Waals surface area contributed by atoms with E-state index < -0.39 is 0 Å². The van der Waals surface area contributed by atoms with Gasteiger partial charge in [0.2, 0.25) is 5.91 Å². The lowest BCUT2D eigenvalue weighted by Crippen LogP contribution is -2.59. The summed E-state index contributed by atoms with van der Waals surface area (Å²) in [5, 5.41) is 11.8. The van der Waals surface area contributed by atoms with E-state index in [9.17, 15) is 9.59 Å². The standard InChI is InChI=1S/C18H22N4O3/c1-25-14-3-2-12-9-21-22(17(24)15(12)8-14)10-16(23)19-11-18-6-4-13(18)5-7-20-18/h2-3,8-9,13,20H,4-7,10-11H2,1H3,(H,19,23). The van der Waals surface area contributed by atoms with Crippen molar-refractivity contribution in [3.8, 4) is 5.75 Å². The van der Waals surface area contributed by atoms with Crippen molar-refractivity contribution in [1.29, 1.82) is 0 Å². The average molecular weight is 342 g/mol. The van der Waals surface area contributed by atoms with Crippen LogP contribution in [0.15, 0.2) is 29.2 Å². The van der Waals surface area contributed by atoms with Gasteiger partial charge in [0.05, 0.1) is 18.7 Å². The van der Waals surface area contributed by atoms with Crippen LogP contribution in [0.25, 0.3) is 10.8 Å². The molecule has 2 fully saturated rings. The number of fused-ring (bicyclic) bond motifs is 2. The van der Waals surface area contributed by atoms with Crippen molar-refractivity contribution in [2.75, 3.05) is 20.2 Å². The highest BCUT2D eigenvalue weighted by molar-refractivity contribution is 5.82. The smallest absolute Gasteiger partial charge is 0.275 e. The Labute approximate surface area is 145 Å². The molecule has 25 heavy (non-hydrogen) atoms. The van der Waals surface area contributed by atoms with E-state index in [0.29, 0.717) is 23.6 Å². The Morgan fingerprint density at radius 3 is 3.08 bits per heavy atom. The molecular weight excluding hydrogens is 320 g/mol. The molecule has 2 N–H and O–H groups in total. The predicted octanol–water partition coefficient (Wildman–Crippen LogP) is 0.663. The van der Waals surface area contributed by atoms with Gasteiger partial charge < -0.3 is 15.4 Å². The Bertz CT molecular complexity index is 878. The molecule has 2 heterocycles. The molecule has 2 unspecified atom stereocenters. The lowest BCUT2D eigenvalue weighted by Gasteiger charge is -2.45. The van der Waals surface area contributed by atoms with Gasteiger partial charge in [-0.05, 0) is 49.9 Å². The third kappa shape index (κ3) is 2.78. The number of ether oxygens (including phenoxy) is 1. The minimum atomic E-state index is -0.287.